The molecule has 2 aromatic carbocycles. The second kappa shape index (κ2) is 8.91. The summed E-state index contributed by atoms with van der Waals surface area (Å²) < 4.78 is 5.37. The predicted molar refractivity (Wildman–Crippen MR) is 95.3 cm³/mol. The Kier molecular flexibility index (Phi) is 6.57. The van der Waals surface area contributed by atoms with Gasteiger partial charge in [0.1, 0.15) is 0 Å². The van der Waals surface area contributed by atoms with Gasteiger partial charge in [0, 0.05) is 6.54 Å². The number of rotatable bonds is 7. The fourth-order valence-corrected chi connectivity index (χ4v) is 2.20. The van der Waals surface area contributed by atoms with Crippen LogP contribution >= 0.6 is 0 Å². The molecule has 0 aliphatic heterocycles. The molecule has 3 nitrogen and oxygen atoms in total. The van der Waals surface area contributed by atoms with Crippen molar-refractivity contribution >= 4 is 18.1 Å². The molecule has 0 atom stereocenters. The van der Waals surface area contributed by atoms with E-state index in [-0.39, 0.29) is 5.97 Å². The molecule has 0 spiro atoms. The molecule has 23 heavy (non-hydrogen) atoms. The molecular formula is C20H23NO2. The van der Waals surface area contributed by atoms with Crippen LogP contribution < -0.4 is 0 Å². The summed E-state index contributed by atoms with van der Waals surface area (Å²) in [5.41, 5.74) is 2.57. The number of nitrogens with zero attached hydrogens (tertiary/aromatic N) is 1. The summed E-state index contributed by atoms with van der Waals surface area (Å²) in [4.78, 5) is 14.3. The van der Waals surface area contributed by atoms with E-state index in [9.17, 15) is 4.79 Å². The summed E-state index contributed by atoms with van der Waals surface area (Å²) in [6.45, 7) is 1.34. The van der Waals surface area contributed by atoms with Crippen molar-refractivity contribution in [1.82, 2.24) is 4.90 Å². The minimum absolute atomic E-state index is 0.267. The molecule has 0 radical (unpaired) electrons. The molecule has 0 aliphatic carbocycles. The molecule has 120 valence electrons. The van der Waals surface area contributed by atoms with Gasteiger partial charge in [-0.3, -0.25) is 0 Å². The summed E-state index contributed by atoms with van der Waals surface area (Å²) in [5, 5.41) is 0. The third-order valence-corrected chi connectivity index (χ3v) is 3.42. The van der Waals surface area contributed by atoms with Crippen LogP contribution in [0.5, 0.6) is 0 Å². The van der Waals surface area contributed by atoms with Crippen molar-refractivity contribution in [2.45, 2.75) is 6.42 Å². The molecule has 0 heterocycles. The van der Waals surface area contributed by atoms with Gasteiger partial charge in [0.15, 0.2) is 0 Å². The SMILES string of the molecule is CN(C)CCCOC(=O)c1ccccc1/C=C/c1ccccc1. The van der Waals surface area contributed by atoms with Gasteiger partial charge in [0.05, 0.1) is 12.2 Å². The number of hydrogen-bond donors (Lipinski definition) is 0. The zero-order valence-electron chi connectivity index (χ0n) is 13.7. The number of carbonyl (C=O) groups is 1. The van der Waals surface area contributed by atoms with E-state index >= 15 is 0 Å². The fraction of sp³-hybridized carbons (Fsp3) is 0.250. The van der Waals surface area contributed by atoms with Crippen molar-refractivity contribution in [3.05, 3.63) is 71.3 Å². The van der Waals surface area contributed by atoms with Gasteiger partial charge < -0.3 is 9.64 Å². The zero-order valence-corrected chi connectivity index (χ0v) is 13.7. The molecule has 0 saturated carbocycles. The smallest absolute Gasteiger partial charge is 0.338 e. The zero-order chi connectivity index (χ0) is 16.5. The third-order valence-electron chi connectivity index (χ3n) is 3.42. The maximum atomic E-state index is 12.3. The summed E-state index contributed by atoms with van der Waals surface area (Å²) in [7, 11) is 4.01. The molecule has 2 aromatic rings. The Bertz CT molecular complexity index is 648. The first-order chi connectivity index (χ1) is 11.2. The van der Waals surface area contributed by atoms with E-state index in [0.29, 0.717) is 12.2 Å². The summed E-state index contributed by atoms with van der Waals surface area (Å²) in [5.74, 6) is -0.267. The van der Waals surface area contributed by atoms with Crippen LogP contribution in [0.3, 0.4) is 0 Å². The van der Waals surface area contributed by atoms with Gasteiger partial charge in [-0.05, 0) is 37.7 Å². The molecule has 0 saturated heterocycles. The number of hydrogen-bond acceptors (Lipinski definition) is 3. The topological polar surface area (TPSA) is 29.5 Å². The van der Waals surface area contributed by atoms with Crippen LogP contribution in [0, 0.1) is 0 Å². The molecule has 0 fully saturated rings. The first-order valence-corrected chi connectivity index (χ1v) is 7.81. The summed E-state index contributed by atoms with van der Waals surface area (Å²) in [6, 6.07) is 17.5. The Morgan fingerprint density at radius 3 is 2.43 bits per heavy atom. The van der Waals surface area contributed by atoms with Crippen LogP contribution in [-0.4, -0.2) is 38.1 Å². The van der Waals surface area contributed by atoms with Crippen molar-refractivity contribution < 1.29 is 9.53 Å². The van der Waals surface area contributed by atoms with Gasteiger partial charge in [0.25, 0.3) is 0 Å². The molecule has 2 rings (SSSR count). The predicted octanol–water partition coefficient (Wildman–Crippen LogP) is 3.97. The van der Waals surface area contributed by atoms with Crippen LogP contribution in [0.1, 0.15) is 27.9 Å². The highest BCUT2D eigenvalue weighted by molar-refractivity contribution is 5.94. The fourth-order valence-electron chi connectivity index (χ4n) is 2.20. The standard InChI is InChI=1S/C20H23NO2/c1-21(2)15-8-16-23-20(22)19-12-7-6-11-18(19)14-13-17-9-4-3-5-10-17/h3-7,9-14H,8,15-16H2,1-2H3/b14-13+. The first-order valence-electron chi connectivity index (χ1n) is 7.81. The van der Waals surface area contributed by atoms with Gasteiger partial charge in [-0.25, -0.2) is 4.79 Å². The highest BCUT2D eigenvalue weighted by atomic mass is 16.5. The van der Waals surface area contributed by atoms with Crippen LogP contribution in [0.25, 0.3) is 12.2 Å². The summed E-state index contributed by atoms with van der Waals surface area (Å²) >= 11 is 0. The minimum atomic E-state index is -0.267. The van der Waals surface area contributed by atoms with Crippen molar-refractivity contribution in [2.24, 2.45) is 0 Å². The largest absolute Gasteiger partial charge is 0.462 e. The van der Waals surface area contributed by atoms with Crippen molar-refractivity contribution in [1.29, 1.82) is 0 Å². The van der Waals surface area contributed by atoms with Crippen molar-refractivity contribution in [2.75, 3.05) is 27.2 Å². The van der Waals surface area contributed by atoms with E-state index in [0.717, 1.165) is 24.1 Å². The Hall–Kier alpha value is -2.39. The second-order valence-electron chi connectivity index (χ2n) is 5.62. The van der Waals surface area contributed by atoms with E-state index in [1.54, 1.807) is 6.07 Å². The van der Waals surface area contributed by atoms with Crippen molar-refractivity contribution in [3.63, 3.8) is 0 Å². The Morgan fingerprint density at radius 1 is 1.00 bits per heavy atom. The lowest BCUT2D eigenvalue weighted by molar-refractivity contribution is 0.0493. The molecule has 0 N–H and O–H groups in total. The van der Waals surface area contributed by atoms with Gasteiger partial charge in [0.2, 0.25) is 0 Å². The maximum Gasteiger partial charge on any atom is 0.338 e. The third kappa shape index (κ3) is 5.72. The molecule has 0 aromatic heterocycles. The Balaban J connectivity index is 2.02. The molecule has 0 amide bonds. The average Bonchev–Trinajstić information content (AvgIpc) is 2.58. The molecule has 0 unspecified atom stereocenters. The van der Waals surface area contributed by atoms with Gasteiger partial charge in [-0.2, -0.15) is 0 Å². The lowest BCUT2D eigenvalue weighted by Crippen LogP contribution is -2.16. The molecule has 0 aliphatic rings. The van der Waals surface area contributed by atoms with E-state index in [1.807, 2.05) is 74.8 Å². The minimum Gasteiger partial charge on any atom is -0.462 e. The lowest BCUT2D eigenvalue weighted by atomic mass is 10.1. The number of esters is 1. The highest BCUT2D eigenvalue weighted by Crippen LogP contribution is 2.14. The monoisotopic (exact) mass is 309 g/mol. The highest BCUT2D eigenvalue weighted by Gasteiger charge is 2.10. The number of carbonyl (C=O) groups excluding carboxylic acids is 1. The lowest BCUT2D eigenvalue weighted by Gasteiger charge is -2.10. The maximum absolute atomic E-state index is 12.3. The van der Waals surface area contributed by atoms with E-state index in [2.05, 4.69) is 4.90 Å². The van der Waals surface area contributed by atoms with Crippen LogP contribution in [0.2, 0.25) is 0 Å². The van der Waals surface area contributed by atoms with Gasteiger partial charge in [-0.1, -0.05) is 60.7 Å². The normalized spacial score (nSPS) is 11.1. The number of ether oxygens (including phenoxy) is 1. The van der Waals surface area contributed by atoms with Crippen LogP contribution in [0.4, 0.5) is 0 Å². The van der Waals surface area contributed by atoms with E-state index in [1.165, 1.54) is 0 Å². The Labute approximate surface area is 138 Å². The van der Waals surface area contributed by atoms with Crippen LogP contribution in [-0.2, 0) is 4.74 Å². The van der Waals surface area contributed by atoms with Crippen molar-refractivity contribution in [3.8, 4) is 0 Å². The van der Waals surface area contributed by atoms with Gasteiger partial charge in [-0.15, -0.1) is 0 Å². The van der Waals surface area contributed by atoms with E-state index < -0.39 is 0 Å². The average molecular weight is 309 g/mol. The molecule has 0 bridgehead atoms. The second-order valence-corrected chi connectivity index (χ2v) is 5.62. The molecule has 3 heteroatoms. The van der Waals surface area contributed by atoms with Gasteiger partial charge >= 0.3 is 5.97 Å². The first kappa shape index (κ1) is 17.0. The van der Waals surface area contributed by atoms with Crippen LogP contribution in [0.15, 0.2) is 54.6 Å². The Morgan fingerprint density at radius 2 is 1.70 bits per heavy atom. The molecular weight excluding hydrogens is 286 g/mol. The number of benzene rings is 2. The summed E-state index contributed by atoms with van der Waals surface area (Å²) in [6.07, 6.45) is 4.78. The quantitative estimate of drug-likeness (QED) is 0.440. The van der Waals surface area contributed by atoms with E-state index in [4.69, 9.17) is 4.74 Å².